The first kappa shape index (κ1) is 19.3. The summed E-state index contributed by atoms with van der Waals surface area (Å²) in [5, 5.41) is 11.3. The van der Waals surface area contributed by atoms with Crippen LogP contribution in [0, 0.1) is 12.7 Å². The number of aliphatic carboxylic acids is 1. The molecule has 0 saturated carbocycles. The van der Waals surface area contributed by atoms with Gasteiger partial charge in [-0.05, 0) is 30.7 Å². The zero-order valence-corrected chi connectivity index (χ0v) is 13.3. The van der Waals surface area contributed by atoms with Crippen molar-refractivity contribution in [2.45, 2.75) is 25.6 Å². The summed E-state index contributed by atoms with van der Waals surface area (Å²) in [4.78, 5) is 29.7. The number of alkyl halides is 3. The fourth-order valence-corrected chi connectivity index (χ4v) is 2.17. The van der Waals surface area contributed by atoms with Gasteiger partial charge in [0.05, 0.1) is 12.5 Å². The Hall–Kier alpha value is -3.04. The van der Waals surface area contributed by atoms with Crippen LogP contribution in [-0.4, -0.2) is 27.0 Å². The number of carbonyl (C=O) groups excluding carboxylic acids is 1. The third-order valence-corrected chi connectivity index (χ3v) is 3.30. The smallest absolute Gasteiger partial charge is 0.451 e. The summed E-state index contributed by atoms with van der Waals surface area (Å²) in [6, 6.07) is 4.67. The Morgan fingerprint density at radius 2 is 1.81 bits per heavy atom. The molecule has 0 spiro atoms. The number of nitrogens with one attached hydrogen (secondary N) is 1. The van der Waals surface area contributed by atoms with Crippen molar-refractivity contribution >= 4 is 11.9 Å². The van der Waals surface area contributed by atoms with E-state index in [4.69, 9.17) is 5.11 Å². The second-order valence-electron chi connectivity index (χ2n) is 5.39. The average Bonchev–Trinajstić information content (AvgIpc) is 2.53. The van der Waals surface area contributed by atoms with Gasteiger partial charge in [0.1, 0.15) is 11.5 Å². The van der Waals surface area contributed by atoms with Crippen LogP contribution in [0.5, 0.6) is 0 Å². The van der Waals surface area contributed by atoms with E-state index in [1.54, 1.807) is 0 Å². The van der Waals surface area contributed by atoms with Crippen LogP contribution in [0.15, 0.2) is 30.3 Å². The van der Waals surface area contributed by atoms with Crippen molar-refractivity contribution in [3.05, 3.63) is 58.9 Å². The van der Waals surface area contributed by atoms with E-state index in [2.05, 4.69) is 15.3 Å². The molecule has 2 aromatic rings. The molecule has 0 aliphatic heterocycles. The first-order chi connectivity index (χ1) is 12.1. The van der Waals surface area contributed by atoms with Crippen LogP contribution in [0.2, 0.25) is 0 Å². The van der Waals surface area contributed by atoms with Crippen LogP contribution >= 0.6 is 0 Å². The van der Waals surface area contributed by atoms with E-state index in [0.29, 0.717) is 0 Å². The highest BCUT2D eigenvalue weighted by Crippen LogP contribution is 2.26. The highest BCUT2D eigenvalue weighted by molar-refractivity contribution is 5.93. The molecule has 1 aromatic heterocycles. The molecule has 1 amide bonds. The number of carbonyl (C=O) groups is 2. The number of benzene rings is 1. The van der Waals surface area contributed by atoms with Crippen molar-refractivity contribution in [2.24, 2.45) is 0 Å². The minimum Gasteiger partial charge on any atom is -0.481 e. The largest absolute Gasteiger partial charge is 0.481 e. The normalized spacial score (nSPS) is 12.5. The second kappa shape index (κ2) is 7.46. The van der Waals surface area contributed by atoms with E-state index in [-0.39, 0.29) is 11.3 Å². The molecule has 2 rings (SSSR count). The molecule has 2 N–H and O–H groups in total. The molecular weight excluding hydrogens is 358 g/mol. The molecule has 10 heteroatoms. The predicted octanol–water partition coefficient (Wildman–Crippen LogP) is 2.89. The molecule has 1 heterocycles. The lowest BCUT2D eigenvalue weighted by Crippen LogP contribution is -2.31. The van der Waals surface area contributed by atoms with Crippen molar-refractivity contribution in [3.8, 4) is 0 Å². The van der Waals surface area contributed by atoms with Gasteiger partial charge in [-0.25, -0.2) is 14.4 Å². The maximum absolute atomic E-state index is 13.0. The summed E-state index contributed by atoms with van der Waals surface area (Å²) in [5.41, 5.74) is -0.347. The van der Waals surface area contributed by atoms with Gasteiger partial charge in [0, 0.05) is 5.69 Å². The Bertz CT molecular complexity index is 822. The summed E-state index contributed by atoms with van der Waals surface area (Å²) in [5.74, 6) is -4.29. The Labute approximate surface area is 144 Å². The average molecular weight is 371 g/mol. The first-order valence-electron chi connectivity index (χ1n) is 7.27. The SMILES string of the molecule is Cc1cc(C(=O)NC(CC(=O)O)c2ccc(F)cc2)nc(C(F)(F)F)n1. The molecule has 0 aliphatic carbocycles. The highest BCUT2D eigenvalue weighted by atomic mass is 19.4. The number of rotatable bonds is 5. The lowest BCUT2D eigenvalue weighted by Gasteiger charge is -2.17. The monoisotopic (exact) mass is 371 g/mol. The number of hydrogen-bond acceptors (Lipinski definition) is 4. The van der Waals surface area contributed by atoms with Crippen LogP contribution < -0.4 is 5.32 Å². The van der Waals surface area contributed by atoms with Crippen LogP contribution in [0.4, 0.5) is 17.6 Å². The number of carboxylic acids is 1. The summed E-state index contributed by atoms with van der Waals surface area (Å²) >= 11 is 0. The minimum absolute atomic E-state index is 0.0750. The van der Waals surface area contributed by atoms with Crippen molar-refractivity contribution in [2.75, 3.05) is 0 Å². The van der Waals surface area contributed by atoms with Gasteiger partial charge >= 0.3 is 12.1 Å². The molecular formula is C16H13F4N3O3. The van der Waals surface area contributed by atoms with Gasteiger partial charge in [-0.2, -0.15) is 13.2 Å². The summed E-state index contributed by atoms with van der Waals surface area (Å²) in [6.07, 6.45) is -5.38. The van der Waals surface area contributed by atoms with Crippen molar-refractivity contribution in [3.63, 3.8) is 0 Å². The number of carboxylic acid groups (broad SMARTS) is 1. The molecule has 138 valence electrons. The summed E-state index contributed by atoms with van der Waals surface area (Å²) in [7, 11) is 0. The third-order valence-electron chi connectivity index (χ3n) is 3.30. The minimum atomic E-state index is -4.83. The van der Waals surface area contributed by atoms with E-state index < -0.39 is 47.9 Å². The molecule has 1 aromatic carbocycles. The number of aryl methyl sites for hydroxylation is 1. The van der Waals surface area contributed by atoms with Gasteiger partial charge in [0.25, 0.3) is 5.91 Å². The zero-order valence-electron chi connectivity index (χ0n) is 13.3. The number of nitrogens with zero attached hydrogens (tertiary/aromatic N) is 2. The zero-order chi connectivity index (χ0) is 19.5. The van der Waals surface area contributed by atoms with Crippen molar-refractivity contribution in [1.29, 1.82) is 0 Å². The second-order valence-corrected chi connectivity index (χ2v) is 5.39. The predicted molar refractivity (Wildman–Crippen MR) is 80.6 cm³/mol. The van der Waals surface area contributed by atoms with E-state index in [0.717, 1.165) is 18.2 Å². The molecule has 26 heavy (non-hydrogen) atoms. The number of aromatic nitrogens is 2. The molecule has 0 fully saturated rings. The highest BCUT2D eigenvalue weighted by Gasteiger charge is 2.35. The Kier molecular flexibility index (Phi) is 5.53. The third kappa shape index (κ3) is 4.98. The van der Waals surface area contributed by atoms with Gasteiger partial charge in [-0.3, -0.25) is 9.59 Å². The molecule has 1 atom stereocenters. The maximum Gasteiger partial charge on any atom is 0.451 e. The Balaban J connectivity index is 2.31. The number of amides is 1. The first-order valence-corrected chi connectivity index (χ1v) is 7.27. The molecule has 0 aliphatic rings. The number of halogens is 4. The van der Waals surface area contributed by atoms with Gasteiger partial charge in [0.2, 0.25) is 5.82 Å². The van der Waals surface area contributed by atoms with E-state index in [1.165, 1.54) is 19.1 Å². The molecule has 0 radical (unpaired) electrons. The van der Waals surface area contributed by atoms with Crippen LogP contribution in [0.25, 0.3) is 0 Å². The lowest BCUT2D eigenvalue weighted by atomic mass is 10.0. The lowest BCUT2D eigenvalue weighted by molar-refractivity contribution is -0.145. The molecule has 0 bridgehead atoms. The number of hydrogen-bond donors (Lipinski definition) is 2. The molecule has 0 saturated heterocycles. The summed E-state index contributed by atoms with van der Waals surface area (Å²) in [6.45, 7) is 1.27. The van der Waals surface area contributed by atoms with E-state index in [9.17, 15) is 27.2 Å². The Morgan fingerprint density at radius 3 is 2.35 bits per heavy atom. The fraction of sp³-hybridized carbons (Fsp3) is 0.250. The van der Waals surface area contributed by atoms with E-state index in [1.807, 2.05) is 0 Å². The van der Waals surface area contributed by atoms with Crippen LogP contribution in [0.1, 0.15) is 40.0 Å². The standard InChI is InChI=1S/C16H13F4N3O3/c1-8-6-12(23-15(21-8)16(18,19)20)14(26)22-11(7-13(24)25)9-2-4-10(17)5-3-9/h2-6,11H,7H2,1H3,(H,22,26)(H,24,25). The molecule has 6 nitrogen and oxygen atoms in total. The fourth-order valence-electron chi connectivity index (χ4n) is 2.17. The maximum atomic E-state index is 13.0. The van der Waals surface area contributed by atoms with Gasteiger partial charge in [-0.1, -0.05) is 12.1 Å². The molecule has 1 unspecified atom stereocenters. The van der Waals surface area contributed by atoms with Gasteiger partial charge < -0.3 is 10.4 Å². The quantitative estimate of drug-likeness (QED) is 0.789. The van der Waals surface area contributed by atoms with Crippen LogP contribution in [-0.2, 0) is 11.0 Å². The van der Waals surface area contributed by atoms with E-state index >= 15 is 0 Å². The van der Waals surface area contributed by atoms with Crippen molar-refractivity contribution in [1.82, 2.24) is 15.3 Å². The van der Waals surface area contributed by atoms with Gasteiger partial charge in [0.15, 0.2) is 0 Å². The van der Waals surface area contributed by atoms with Gasteiger partial charge in [-0.15, -0.1) is 0 Å². The Morgan fingerprint density at radius 1 is 1.19 bits per heavy atom. The summed E-state index contributed by atoms with van der Waals surface area (Å²) < 4.78 is 51.3. The van der Waals surface area contributed by atoms with Crippen molar-refractivity contribution < 1.29 is 32.3 Å². The topological polar surface area (TPSA) is 92.2 Å². The van der Waals surface area contributed by atoms with Crippen LogP contribution in [0.3, 0.4) is 0 Å².